The van der Waals surface area contributed by atoms with Crippen LogP contribution in [0.15, 0.2) is 57.7 Å². The number of ether oxygens (including phenoxy) is 3. The van der Waals surface area contributed by atoms with E-state index in [4.69, 9.17) is 18.6 Å². The molecule has 0 saturated carbocycles. The second-order valence-corrected chi connectivity index (χ2v) is 5.62. The number of hydrogen-bond donors (Lipinski definition) is 0. The van der Waals surface area contributed by atoms with Crippen LogP contribution < -0.4 is 19.8 Å². The molecular formula is C20H14O8. The lowest BCUT2D eigenvalue weighted by atomic mass is 10.2. The van der Waals surface area contributed by atoms with Gasteiger partial charge in [-0.1, -0.05) is 24.3 Å². The number of carbonyl (C=O) groups excluding carboxylic acids is 3. The zero-order valence-electron chi connectivity index (χ0n) is 14.9. The summed E-state index contributed by atoms with van der Waals surface area (Å²) in [5, 5.41) is -0.00201. The summed E-state index contributed by atoms with van der Waals surface area (Å²) < 4.78 is 20.6. The Bertz CT molecular complexity index is 1130. The normalized spacial score (nSPS) is 10.4. The van der Waals surface area contributed by atoms with E-state index in [1.165, 1.54) is 37.3 Å². The molecule has 8 nitrogen and oxygen atoms in total. The number of benzene rings is 2. The predicted octanol–water partition coefficient (Wildman–Crippen LogP) is 2.86. The van der Waals surface area contributed by atoms with Gasteiger partial charge in [-0.25, -0.2) is 9.59 Å². The van der Waals surface area contributed by atoms with Crippen molar-refractivity contribution in [3.05, 3.63) is 64.5 Å². The van der Waals surface area contributed by atoms with Crippen LogP contribution in [0.2, 0.25) is 0 Å². The minimum absolute atomic E-state index is 0.00201. The van der Waals surface area contributed by atoms with Crippen molar-refractivity contribution in [3.8, 4) is 17.2 Å². The maximum atomic E-state index is 12.5. The van der Waals surface area contributed by atoms with Crippen molar-refractivity contribution in [1.29, 1.82) is 0 Å². The average Bonchev–Trinajstić information content (AvgIpc) is 2.64. The number of hydrogen-bond acceptors (Lipinski definition) is 8. The maximum Gasteiger partial charge on any atom is 0.383 e. The van der Waals surface area contributed by atoms with Gasteiger partial charge in [0.15, 0.2) is 5.75 Å². The SMILES string of the molecule is CC(=O)Oc1c(OC(=O)c2ccccc2)c2c(OC(C)=O)cccc2oc1=O. The molecule has 0 spiro atoms. The molecule has 0 saturated heterocycles. The first kappa shape index (κ1) is 18.8. The van der Waals surface area contributed by atoms with Crippen molar-refractivity contribution in [1.82, 2.24) is 0 Å². The Kier molecular flexibility index (Phi) is 5.21. The second-order valence-electron chi connectivity index (χ2n) is 5.62. The van der Waals surface area contributed by atoms with Crippen LogP contribution in [0.1, 0.15) is 24.2 Å². The monoisotopic (exact) mass is 382 g/mol. The van der Waals surface area contributed by atoms with Crippen LogP contribution in [0.4, 0.5) is 0 Å². The molecule has 0 N–H and O–H groups in total. The largest absolute Gasteiger partial charge is 0.426 e. The highest BCUT2D eigenvalue weighted by Crippen LogP contribution is 2.39. The van der Waals surface area contributed by atoms with E-state index in [1.54, 1.807) is 18.2 Å². The zero-order valence-corrected chi connectivity index (χ0v) is 14.9. The van der Waals surface area contributed by atoms with Crippen molar-refractivity contribution >= 4 is 28.9 Å². The Morgan fingerprint density at radius 1 is 0.786 bits per heavy atom. The highest BCUT2D eigenvalue weighted by molar-refractivity contribution is 5.98. The molecule has 142 valence electrons. The number of rotatable bonds is 4. The van der Waals surface area contributed by atoms with Gasteiger partial charge in [0.05, 0.1) is 5.56 Å². The molecule has 1 aromatic heterocycles. The summed E-state index contributed by atoms with van der Waals surface area (Å²) in [5.41, 5.74) is -0.850. The summed E-state index contributed by atoms with van der Waals surface area (Å²) in [6.45, 7) is 2.25. The summed E-state index contributed by atoms with van der Waals surface area (Å²) in [6, 6.07) is 12.3. The summed E-state index contributed by atoms with van der Waals surface area (Å²) in [4.78, 5) is 47.7. The van der Waals surface area contributed by atoms with E-state index < -0.39 is 29.3 Å². The Hall–Kier alpha value is -3.94. The number of carbonyl (C=O) groups is 3. The molecule has 1 heterocycles. The lowest BCUT2D eigenvalue weighted by Crippen LogP contribution is -2.16. The minimum Gasteiger partial charge on any atom is -0.426 e. The van der Waals surface area contributed by atoms with Crippen LogP contribution in [0, 0.1) is 0 Å². The lowest BCUT2D eigenvalue weighted by molar-refractivity contribution is -0.133. The molecule has 0 radical (unpaired) electrons. The first-order chi connectivity index (χ1) is 13.4. The first-order valence-electron chi connectivity index (χ1n) is 8.10. The van der Waals surface area contributed by atoms with Crippen molar-refractivity contribution in [3.63, 3.8) is 0 Å². The zero-order chi connectivity index (χ0) is 20.3. The summed E-state index contributed by atoms with van der Waals surface area (Å²) in [6.07, 6.45) is 0. The molecule has 3 rings (SSSR count). The lowest BCUT2D eigenvalue weighted by Gasteiger charge is -2.13. The summed E-state index contributed by atoms with van der Waals surface area (Å²) >= 11 is 0. The second kappa shape index (κ2) is 7.75. The molecule has 0 aliphatic carbocycles. The van der Waals surface area contributed by atoms with Crippen molar-refractivity contribution < 1.29 is 33.0 Å². The molecule has 0 fully saturated rings. The third kappa shape index (κ3) is 3.90. The first-order valence-corrected chi connectivity index (χ1v) is 8.10. The van der Waals surface area contributed by atoms with Crippen LogP contribution >= 0.6 is 0 Å². The molecule has 2 aromatic carbocycles. The van der Waals surface area contributed by atoms with Crippen LogP contribution in [-0.4, -0.2) is 17.9 Å². The molecule has 0 amide bonds. The average molecular weight is 382 g/mol. The van der Waals surface area contributed by atoms with Gasteiger partial charge in [0.1, 0.15) is 16.7 Å². The van der Waals surface area contributed by atoms with Crippen LogP contribution in [0.25, 0.3) is 11.0 Å². The fourth-order valence-electron chi connectivity index (χ4n) is 2.47. The van der Waals surface area contributed by atoms with E-state index in [0.717, 1.165) is 6.92 Å². The molecular weight excluding hydrogens is 368 g/mol. The van der Waals surface area contributed by atoms with Gasteiger partial charge in [-0.05, 0) is 24.3 Å². The highest BCUT2D eigenvalue weighted by atomic mass is 16.6. The Balaban J connectivity index is 2.25. The van der Waals surface area contributed by atoms with Gasteiger partial charge in [-0.15, -0.1) is 0 Å². The van der Waals surface area contributed by atoms with E-state index >= 15 is 0 Å². The molecule has 0 atom stereocenters. The predicted molar refractivity (Wildman–Crippen MR) is 96.5 cm³/mol. The van der Waals surface area contributed by atoms with E-state index in [1.807, 2.05) is 0 Å². The molecule has 3 aromatic rings. The standard InChI is InChI=1S/C20H14O8/c1-11(21)25-14-9-6-10-15-16(14)17(18(20(24)27-15)26-12(2)22)28-19(23)13-7-4-3-5-8-13/h3-10H,1-2H3. The fraction of sp³-hybridized carbons (Fsp3) is 0.100. The Labute approximate surface area is 158 Å². The molecule has 8 heteroatoms. The molecule has 0 aliphatic rings. The maximum absolute atomic E-state index is 12.5. The van der Waals surface area contributed by atoms with Gasteiger partial charge >= 0.3 is 23.5 Å². The summed E-state index contributed by atoms with van der Waals surface area (Å²) in [7, 11) is 0. The fourth-order valence-corrected chi connectivity index (χ4v) is 2.47. The van der Waals surface area contributed by atoms with Gasteiger partial charge in [0.25, 0.3) is 5.75 Å². The Morgan fingerprint density at radius 3 is 2.11 bits per heavy atom. The molecule has 0 bridgehead atoms. The van der Waals surface area contributed by atoms with Gasteiger partial charge in [0.2, 0.25) is 0 Å². The third-order valence-electron chi connectivity index (χ3n) is 3.51. The van der Waals surface area contributed by atoms with Crippen molar-refractivity contribution in [2.24, 2.45) is 0 Å². The van der Waals surface area contributed by atoms with E-state index in [0.29, 0.717) is 0 Å². The van der Waals surface area contributed by atoms with Gasteiger partial charge in [0, 0.05) is 13.8 Å². The van der Waals surface area contributed by atoms with Crippen molar-refractivity contribution in [2.75, 3.05) is 0 Å². The van der Waals surface area contributed by atoms with Crippen LogP contribution in [0.5, 0.6) is 17.2 Å². The number of fused-ring (bicyclic) bond motifs is 1. The van der Waals surface area contributed by atoms with Gasteiger partial charge < -0.3 is 18.6 Å². The van der Waals surface area contributed by atoms with E-state index in [9.17, 15) is 19.2 Å². The van der Waals surface area contributed by atoms with Gasteiger partial charge in [-0.2, -0.15) is 0 Å². The quantitative estimate of drug-likeness (QED) is 0.385. The van der Waals surface area contributed by atoms with Gasteiger partial charge in [-0.3, -0.25) is 9.59 Å². The summed E-state index contributed by atoms with van der Waals surface area (Å²) in [5.74, 6) is -3.31. The topological polar surface area (TPSA) is 109 Å². The van der Waals surface area contributed by atoms with Crippen LogP contribution in [-0.2, 0) is 9.59 Å². The number of esters is 3. The van der Waals surface area contributed by atoms with E-state index in [2.05, 4.69) is 0 Å². The smallest absolute Gasteiger partial charge is 0.383 e. The highest BCUT2D eigenvalue weighted by Gasteiger charge is 2.25. The van der Waals surface area contributed by atoms with E-state index in [-0.39, 0.29) is 28.0 Å². The minimum atomic E-state index is -1.03. The molecule has 0 aliphatic heterocycles. The Morgan fingerprint density at radius 2 is 1.46 bits per heavy atom. The van der Waals surface area contributed by atoms with Crippen LogP contribution in [0.3, 0.4) is 0 Å². The van der Waals surface area contributed by atoms with Crippen molar-refractivity contribution in [2.45, 2.75) is 13.8 Å². The third-order valence-corrected chi connectivity index (χ3v) is 3.51. The molecule has 0 unspecified atom stereocenters. The molecule has 28 heavy (non-hydrogen) atoms.